The second kappa shape index (κ2) is 11.7. The van der Waals surface area contributed by atoms with Gasteiger partial charge in [-0.15, -0.1) is 0 Å². The molecule has 1 aromatic carbocycles. The first-order valence-corrected chi connectivity index (χ1v) is 9.99. The van der Waals surface area contributed by atoms with Crippen LogP contribution in [0.25, 0.3) is 0 Å². The van der Waals surface area contributed by atoms with E-state index in [1.165, 1.54) is 5.56 Å². The molecule has 1 fully saturated rings. The lowest BCUT2D eigenvalue weighted by Crippen LogP contribution is -2.46. The first-order chi connectivity index (χ1) is 14.5. The van der Waals surface area contributed by atoms with Gasteiger partial charge in [0.15, 0.2) is 0 Å². The molecule has 2 aromatic rings. The number of rotatable bonds is 6. The molecule has 1 saturated heterocycles. The maximum Gasteiger partial charge on any atom is 0.251 e. The van der Waals surface area contributed by atoms with E-state index in [1.807, 2.05) is 18.2 Å². The summed E-state index contributed by atoms with van der Waals surface area (Å²) in [5.74, 6) is 0.728. The molecule has 0 saturated carbocycles. The minimum absolute atomic E-state index is 0.0290. The number of aryl methyl sites for hydroxylation is 2. The summed E-state index contributed by atoms with van der Waals surface area (Å²) in [5.41, 5.74) is 2.23. The second-order valence-corrected chi connectivity index (χ2v) is 6.86. The Labute approximate surface area is 176 Å². The Morgan fingerprint density at radius 3 is 2.37 bits per heavy atom. The van der Waals surface area contributed by atoms with Crippen molar-refractivity contribution in [2.45, 2.75) is 13.3 Å². The van der Waals surface area contributed by atoms with Gasteiger partial charge in [0.2, 0.25) is 6.41 Å². The predicted molar refractivity (Wildman–Crippen MR) is 114 cm³/mol. The topological polar surface area (TPSA) is 115 Å². The molecule has 2 amide bonds. The number of aromatic nitrogens is 2. The SMILES string of the molecule is CCc1ccc(C(=O)NCCO)cc1.Cn1nc(N2CCN(C=O)CC2)ccc1=N. The van der Waals surface area contributed by atoms with Crippen molar-refractivity contribution in [3.8, 4) is 0 Å². The van der Waals surface area contributed by atoms with Crippen LogP contribution in [0.3, 0.4) is 0 Å². The third-order valence-electron chi connectivity index (χ3n) is 4.80. The highest BCUT2D eigenvalue weighted by Gasteiger charge is 2.16. The molecule has 0 atom stereocenters. The van der Waals surface area contributed by atoms with Crippen molar-refractivity contribution in [3.05, 3.63) is 53.0 Å². The van der Waals surface area contributed by atoms with E-state index < -0.39 is 0 Å². The fourth-order valence-electron chi connectivity index (χ4n) is 2.89. The van der Waals surface area contributed by atoms with Crippen LogP contribution in [-0.2, 0) is 18.3 Å². The van der Waals surface area contributed by atoms with E-state index in [0.29, 0.717) is 17.6 Å². The highest BCUT2D eigenvalue weighted by atomic mass is 16.3. The zero-order valence-electron chi connectivity index (χ0n) is 17.5. The van der Waals surface area contributed by atoms with Crippen LogP contribution in [-0.4, -0.2) is 71.4 Å². The lowest BCUT2D eigenvalue weighted by atomic mass is 10.1. The quantitative estimate of drug-likeness (QED) is 0.582. The summed E-state index contributed by atoms with van der Waals surface area (Å²) in [6.07, 6.45) is 1.86. The van der Waals surface area contributed by atoms with Gasteiger partial charge < -0.3 is 20.2 Å². The van der Waals surface area contributed by atoms with Gasteiger partial charge in [0.25, 0.3) is 5.91 Å². The van der Waals surface area contributed by atoms with E-state index in [4.69, 9.17) is 10.5 Å². The van der Waals surface area contributed by atoms with Gasteiger partial charge in [-0.2, -0.15) is 5.10 Å². The lowest BCUT2D eigenvalue weighted by molar-refractivity contribution is -0.118. The summed E-state index contributed by atoms with van der Waals surface area (Å²) in [7, 11) is 1.76. The van der Waals surface area contributed by atoms with Gasteiger partial charge in [-0.05, 0) is 36.2 Å². The Kier molecular flexibility index (Phi) is 9.02. The monoisotopic (exact) mass is 414 g/mol. The predicted octanol–water partition coefficient (Wildman–Crippen LogP) is 0.149. The fraction of sp³-hybridized carbons (Fsp3) is 0.429. The van der Waals surface area contributed by atoms with Gasteiger partial charge >= 0.3 is 0 Å². The number of aliphatic hydroxyl groups excluding tert-OH is 1. The van der Waals surface area contributed by atoms with Crippen molar-refractivity contribution in [1.82, 2.24) is 20.0 Å². The third kappa shape index (κ3) is 6.70. The Morgan fingerprint density at radius 1 is 1.17 bits per heavy atom. The summed E-state index contributed by atoms with van der Waals surface area (Å²) in [6.45, 7) is 5.40. The van der Waals surface area contributed by atoms with Gasteiger partial charge in [-0.1, -0.05) is 19.1 Å². The Hall–Kier alpha value is -3.20. The molecule has 1 aliphatic rings. The van der Waals surface area contributed by atoms with Crippen molar-refractivity contribution in [2.24, 2.45) is 7.05 Å². The largest absolute Gasteiger partial charge is 0.395 e. The number of hydrogen-bond acceptors (Lipinski definition) is 6. The molecule has 0 aliphatic carbocycles. The number of carbonyl (C=O) groups excluding carboxylic acids is 2. The number of anilines is 1. The van der Waals surface area contributed by atoms with Crippen molar-refractivity contribution in [1.29, 1.82) is 5.41 Å². The van der Waals surface area contributed by atoms with E-state index in [9.17, 15) is 9.59 Å². The molecule has 3 N–H and O–H groups in total. The van der Waals surface area contributed by atoms with E-state index in [1.54, 1.807) is 34.8 Å². The maximum absolute atomic E-state index is 11.4. The average molecular weight is 415 g/mol. The van der Waals surface area contributed by atoms with Crippen molar-refractivity contribution in [2.75, 3.05) is 44.2 Å². The van der Waals surface area contributed by atoms with Crippen molar-refractivity contribution >= 4 is 18.1 Å². The van der Waals surface area contributed by atoms with Crippen LogP contribution in [0.5, 0.6) is 0 Å². The highest BCUT2D eigenvalue weighted by molar-refractivity contribution is 5.94. The smallest absolute Gasteiger partial charge is 0.251 e. The van der Waals surface area contributed by atoms with Crippen LogP contribution in [0, 0.1) is 5.41 Å². The zero-order chi connectivity index (χ0) is 21.9. The number of aliphatic hydroxyl groups is 1. The zero-order valence-corrected chi connectivity index (χ0v) is 17.5. The van der Waals surface area contributed by atoms with Crippen LogP contribution < -0.4 is 15.7 Å². The molecular formula is C21H30N6O3. The molecule has 0 radical (unpaired) electrons. The standard InChI is InChI=1S/C11H15NO2.C10H15N5O/c1-2-9-3-5-10(6-4-9)11(14)12-7-8-13;1-13-9(11)2-3-10(12-13)15-6-4-14(8-16)5-7-15/h3-6,13H,2,7-8H2,1H3,(H,12,14);2-3,8,11H,4-7H2,1H3. The maximum atomic E-state index is 11.4. The normalized spacial score (nSPS) is 13.3. The molecule has 2 heterocycles. The highest BCUT2D eigenvalue weighted by Crippen LogP contribution is 2.10. The van der Waals surface area contributed by atoms with Crippen LogP contribution >= 0.6 is 0 Å². The summed E-state index contributed by atoms with van der Waals surface area (Å²) >= 11 is 0. The first kappa shape index (κ1) is 23.1. The minimum Gasteiger partial charge on any atom is -0.395 e. The van der Waals surface area contributed by atoms with E-state index >= 15 is 0 Å². The Balaban J connectivity index is 0.000000216. The minimum atomic E-state index is -0.137. The first-order valence-electron chi connectivity index (χ1n) is 9.99. The number of piperazine rings is 1. The van der Waals surface area contributed by atoms with Crippen molar-refractivity contribution < 1.29 is 14.7 Å². The van der Waals surface area contributed by atoms with E-state index in [2.05, 4.69) is 22.2 Å². The molecule has 0 spiro atoms. The van der Waals surface area contributed by atoms with Crippen LogP contribution in [0.1, 0.15) is 22.8 Å². The molecule has 0 unspecified atom stereocenters. The van der Waals surface area contributed by atoms with Crippen molar-refractivity contribution in [3.63, 3.8) is 0 Å². The Morgan fingerprint density at radius 2 is 1.83 bits per heavy atom. The molecule has 162 valence electrons. The van der Waals surface area contributed by atoms with E-state index in [0.717, 1.165) is 44.8 Å². The number of nitrogens with zero attached hydrogens (tertiary/aromatic N) is 4. The Bertz CT molecular complexity index is 873. The average Bonchev–Trinajstić information content (AvgIpc) is 2.80. The third-order valence-corrected chi connectivity index (χ3v) is 4.80. The summed E-state index contributed by atoms with van der Waals surface area (Å²) in [5, 5.41) is 22.9. The number of nitrogens with one attached hydrogen (secondary N) is 2. The van der Waals surface area contributed by atoms with Crippen LogP contribution in [0.2, 0.25) is 0 Å². The summed E-state index contributed by atoms with van der Waals surface area (Å²) in [6, 6.07) is 11.0. The molecule has 30 heavy (non-hydrogen) atoms. The van der Waals surface area contributed by atoms with Gasteiger partial charge in [0, 0.05) is 45.3 Å². The number of amides is 2. The summed E-state index contributed by atoms with van der Waals surface area (Å²) < 4.78 is 1.54. The fourth-order valence-corrected chi connectivity index (χ4v) is 2.89. The second-order valence-electron chi connectivity index (χ2n) is 6.86. The molecular weight excluding hydrogens is 384 g/mol. The molecule has 9 heteroatoms. The van der Waals surface area contributed by atoms with Crippen LogP contribution in [0.4, 0.5) is 5.82 Å². The number of carbonyl (C=O) groups is 2. The summed E-state index contributed by atoms with van der Waals surface area (Å²) in [4.78, 5) is 25.8. The lowest BCUT2D eigenvalue weighted by Gasteiger charge is -2.33. The van der Waals surface area contributed by atoms with Gasteiger partial charge in [0.1, 0.15) is 11.3 Å². The van der Waals surface area contributed by atoms with Gasteiger partial charge in [0.05, 0.1) is 6.61 Å². The molecule has 0 bridgehead atoms. The molecule has 3 rings (SSSR count). The molecule has 1 aromatic heterocycles. The molecule has 9 nitrogen and oxygen atoms in total. The number of hydrogen-bond donors (Lipinski definition) is 3. The molecule has 1 aliphatic heterocycles. The number of benzene rings is 1. The van der Waals surface area contributed by atoms with Crippen LogP contribution in [0.15, 0.2) is 36.4 Å². The van der Waals surface area contributed by atoms with Gasteiger partial charge in [-0.25, -0.2) is 4.68 Å². The van der Waals surface area contributed by atoms with Gasteiger partial charge in [-0.3, -0.25) is 15.0 Å². The van der Waals surface area contributed by atoms with E-state index in [-0.39, 0.29) is 12.5 Å².